The second kappa shape index (κ2) is 5.61. The third kappa shape index (κ3) is 2.85. The molecule has 1 aliphatic heterocycles. The number of hydrogen-bond donors (Lipinski definition) is 3. The van der Waals surface area contributed by atoms with Gasteiger partial charge < -0.3 is 10.4 Å². The predicted octanol–water partition coefficient (Wildman–Crippen LogP) is 0.0120. The summed E-state index contributed by atoms with van der Waals surface area (Å²) in [6.45, 7) is 3.39. The molecule has 7 heteroatoms. The zero-order valence-electron chi connectivity index (χ0n) is 10.4. The Hall–Kier alpha value is -1.92. The molecule has 0 saturated heterocycles. The van der Waals surface area contributed by atoms with E-state index < -0.39 is 17.4 Å². The van der Waals surface area contributed by atoms with E-state index >= 15 is 0 Å². The number of hydrazone groups is 1. The predicted molar refractivity (Wildman–Crippen MR) is 63.9 cm³/mol. The van der Waals surface area contributed by atoms with Crippen LogP contribution in [0.5, 0.6) is 0 Å². The maximum absolute atomic E-state index is 11.9. The summed E-state index contributed by atoms with van der Waals surface area (Å²) in [6.07, 6.45) is 0.972. The van der Waals surface area contributed by atoms with E-state index in [0.29, 0.717) is 0 Å². The number of carboxylic acid groups (broad SMARTS) is 1. The van der Waals surface area contributed by atoms with Crippen LogP contribution < -0.4 is 10.7 Å². The van der Waals surface area contributed by atoms with Gasteiger partial charge in [-0.3, -0.25) is 9.59 Å². The largest absolute Gasteiger partial charge is 0.480 e. The summed E-state index contributed by atoms with van der Waals surface area (Å²) in [4.78, 5) is 34.0. The van der Waals surface area contributed by atoms with Crippen LogP contribution in [0.4, 0.5) is 0 Å². The molecule has 100 valence electrons. The van der Waals surface area contributed by atoms with Crippen LogP contribution >= 0.6 is 0 Å². The van der Waals surface area contributed by atoms with E-state index in [1.807, 2.05) is 0 Å². The maximum Gasteiger partial charge on any atom is 0.329 e. The first-order valence-corrected chi connectivity index (χ1v) is 5.86. The zero-order chi connectivity index (χ0) is 13.8. The molecule has 1 heterocycles. The van der Waals surface area contributed by atoms with Gasteiger partial charge in [0, 0.05) is 12.8 Å². The molecular formula is C11H17N3O4. The zero-order valence-corrected chi connectivity index (χ0v) is 10.4. The van der Waals surface area contributed by atoms with Gasteiger partial charge in [-0.25, -0.2) is 10.2 Å². The highest BCUT2D eigenvalue weighted by molar-refractivity contribution is 6.40. The molecule has 7 nitrogen and oxygen atoms in total. The number of nitrogens with one attached hydrogen (secondary N) is 2. The highest BCUT2D eigenvalue weighted by Crippen LogP contribution is 2.16. The number of aliphatic carboxylic acids is 1. The van der Waals surface area contributed by atoms with Gasteiger partial charge in [-0.1, -0.05) is 13.8 Å². The van der Waals surface area contributed by atoms with Gasteiger partial charge in [-0.05, 0) is 12.8 Å². The molecule has 2 amide bonds. The Morgan fingerprint density at radius 2 is 2.00 bits per heavy atom. The molecule has 0 unspecified atom stereocenters. The number of rotatable bonds is 5. The van der Waals surface area contributed by atoms with Crippen LogP contribution in [0.3, 0.4) is 0 Å². The summed E-state index contributed by atoms with van der Waals surface area (Å²) in [5, 5.41) is 15.3. The minimum atomic E-state index is -1.28. The van der Waals surface area contributed by atoms with E-state index in [0.717, 1.165) is 0 Å². The molecular weight excluding hydrogens is 238 g/mol. The average molecular weight is 255 g/mol. The summed E-state index contributed by atoms with van der Waals surface area (Å²) in [5.74, 6) is -1.86. The van der Waals surface area contributed by atoms with E-state index in [1.54, 1.807) is 13.8 Å². The lowest BCUT2D eigenvalue weighted by Gasteiger charge is -2.28. The molecule has 3 N–H and O–H groups in total. The van der Waals surface area contributed by atoms with Crippen molar-refractivity contribution in [1.82, 2.24) is 10.7 Å². The van der Waals surface area contributed by atoms with Gasteiger partial charge in [-0.2, -0.15) is 5.10 Å². The minimum absolute atomic E-state index is 0.155. The fourth-order valence-electron chi connectivity index (χ4n) is 1.71. The van der Waals surface area contributed by atoms with Crippen molar-refractivity contribution in [3.8, 4) is 0 Å². The van der Waals surface area contributed by atoms with Crippen molar-refractivity contribution < 1.29 is 19.5 Å². The quantitative estimate of drug-likeness (QED) is 0.643. The van der Waals surface area contributed by atoms with Gasteiger partial charge in [0.25, 0.3) is 5.91 Å². The van der Waals surface area contributed by atoms with Crippen LogP contribution in [0.1, 0.15) is 39.5 Å². The summed E-state index contributed by atoms with van der Waals surface area (Å²) >= 11 is 0. The molecule has 0 fully saturated rings. The Kier molecular flexibility index (Phi) is 4.41. The van der Waals surface area contributed by atoms with Crippen molar-refractivity contribution in [2.45, 2.75) is 45.1 Å². The maximum atomic E-state index is 11.9. The van der Waals surface area contributed by atoms with Gasteiger partial charge in [-0.15, -0.1) is 0 Å². The van der Waals surface area contributed by atoms with Crippen molar-refractivity contribution in [3.05, 3.63) is 0 Å². The summed E-state index contributed by atoms with van der Waals surface area (Å²) in [7, 11) is 0. The van der Waals surface area contributed by atoms with E-state index in [2.05, 4.69) is 15.8 Å². The van der Waals surface area contributed by atoms with Gasteiger partial charge in [0.05, 0.1) is 0 Å². The Bertz CT molecular complexity index is 399. The van der Waals surface area contributed by atoms with Crippen molar-refractivity contribution in [2.75, 3.05) is 0 Å². The van der Waals surface area contributed by atoms with Crippen LogP contribution in [0.15, 0.2) is 5.10 Å². The van der Waals surface area contributed by atoms with E-state index in [4.69, 9.17) is 0 Å². The third-order valence-corrected chi connectivity index (χ3v) is 3.14. The average Bonchev–Trinajstić information content (AvgIpc) is 2.36. The molecule has 1 aliphatic rings. The first-order chi connectivity index (χ1) is 8.45. The van der Waals surface area contributed by atoms with Gasteiger partial charge in [0.15, 0.2) is 0 Å². The van der Waals surface area contributed by atoms with Gasteiger partial charge >= 0.3 is 5.97 Å². The number of nitrogens with zero attached hydrogens (tertiary/aromatic N) is 1. The van der Waals surface area contributed by atoms with Crippen molar-refractivity contribution in [3.63, 3.8) is 0 Å². The fourth-order valence-corrected chi connectivity index (χ4v) is 1.71. The molecule has 0 aromatic carbocycles. The molecule has 0 radical (unpaired) electrons. The number of carbonyl (C=O) groups is 3. The first kappa shape index (κ1) is 14.1. The Labute approximate surface area is 105 Å². The van der Waals surface area contributed by atoms with Crippen LogP contribution in [-0.2, 0) is 14.4 Å². The highest BCUT2D eigenvalue weighted by atomic mass is 16.4. The van der Waals surface area contributed by atoms with Crippen LogP contribution in [0.25, 0.3) is 0 Å². The molecule has 0 bridgehead atoms. The van der Waals surface area contributed by atoms with Crippen molar-refractivity contribution in [1.29, 1.82) is 0 Å². The number of hydrogen-bond acceptors (Lipinski definition) is 4. The molecule has 0 aliphatic carbocycles. The minimum Gasteiger partial charge on any atom is -0.480 e. The lowest BCUT2D eigenvalue weighted by molar-refractivity contribution is -0.147. The Morgan fingerprint density at radius 3 is 2.39 bits per heavy atom. The van der Waals surface area contributed by atoms with Crippen LogP contribution in [0.2, 0.25) is 0 Å². The van der Waals surface area contributed by atoms with Crippen LogP contribution in [-0.4, -0.2) is 34.1 Å². The molecule has 0 saturated carbocycles. The van der Waals surface area contributed by atoms with E-state index in [1.165, 1.54) is 0 Å². The summed E-state index contributed by atoms with van der Waals surface area (Å²) < 4.78 is 0. The number of carbonyl (C=O) groups excluding carboxylic acids is 2. The second-order valence-electron chi connectivity index (χ2n) is 4.14. The molecule has 0 atom stereocenters. The topological polar surface area (TPSA) is 108 Å². The first-order valence-electron chi connectivity index (χ1n) is 5.86. The molecule has 0 spiro atoms. The molecule has 18 heavy (non-hydrogen) atoms. The highest BCUT2D eigenvalue weighted by Gasteiger charge is 2.37. The monoisotopic (exact) mass is 255 g/mol. The third-order valence-electron chi connectivity index (χ3n) is 3.14. The lowest BCUT2D eigenvalue weighted by atomic mass is 9.92. The smallest absolute Gasteiger partial charge is 0.329 e. The van der Waals surface area contributed by atoms with E-state index in [9.17, 15) is 19.5 Å². The van der Waals surface area contributed by atoms with Crippen molar-refractivity contribution in [2.24, 2.45) is 5.10 Å². The number of carboxylic acids is 1. The molecule has 1 rings (SSSR count). The van der Waals surface area contributed by atoms with Gasteiger partial charge in [0.1, 0.15) is 11.3 Å². The summed E-state index contributed by atoms with van der Waals surface area (Å²) in [5.41, 5.74) is 1.08. The lowest BCUT2D eigenvalue weighted by Crippen LogP contribution is -2.56. The molecule has 0 aromatic heterocycles. The standard InChI is InChI=1S/C11H17N3O4/c1-3-11(4-2,10(17)18)12-9(16)7-5-6-8(15)14-13-7/h3-6H2,1-2H3,(H,12,16)(H,14,15)(H,17,18). The fraction of sp³-hybridized carbons (Fsp3) is 0.636. The van der Waals surface area contributed by atoms with Crippen molar-refractivity contribution >= 4 is 23.5 Å². The van der Waals surface area contributed by atoms with E-state index in [-0.39, 0.29) is 37.3 Å². The number of amides is 2. The SMILES string of the molecule is CCC(CC)(NC(=O)C1=NNC(=O)CC1)C(=O)O. The van der Waals surface area contributed by atoms with Crippen LogP contribution in [0, 0.1) is 0 Å². The van der Waals surface area contributed by atoms with Gasteiger partial charge in [0.2, 0.25) is 5.91 Å². The molecule has 0 aromatic rings. The second-order valence-corrected chi connectivity index (χ2v) is 4.14. The summed E-state index contributed by atoms with van der Waals surface area (Å²) in [6, 6.07) is 0. The Balaban J connectivity index is 2.79. The Morgan fingerprint density at radius 1 is 1.39 bits per heavy atom. The normalized spacial score (nSPS) is 15.7.